The molecular weight excluding hydrogens is 240 g/mol. The van der Waals surface area contributed by atoms with Crippen LogP contribution >= 0.6 is 11.8 Å². The molecule has 2 N–H and O–H groups in total. The summed E-state index contributed by atoms with van der Waals surface area (Å²) in [4.78, 5) is 5.54. The van der Waals surface area contributed by atoms with Gasteiger partial charge in [-0.3, -0.25) is 4.98 Å². The normalized spacial score (nSPS) is 12.4. The first-order chi connectivity index (χ1) is 8.65. The molecule has 0 radical (unpaired) electrons. The Morgan fingerprint density at radius 1 is 1.28 bits per heavy atom. The van der Waals surface area contributed by atoms with Crippen LogP contribution in [0, 0.1) is 6.92 Å². The average molecular weight is 258 g/mol. The lowest BCUT2D eigenvalue weighted by atomic mass is 10.2. The summed E-state index contributed by atoms with van der Waals surface area (Å²) in [5.41, 5.74) is 9.36. The SMILES string of the molecule is Cc1cccc(CSc2ccc([C@H](C)N)nc2)c1. The summed E-state index contributed by atoms with van der Waals surface area (Å²) >= 11 is 1.80. The van der Waals surface area contributed by atoms with Crippen LogP contribution in [0.25, 0.3) is 0 Å². The van der Waals surface area contributed by atoms with Crippen molar-refractivity contribution < 1.29 is 0 Å². The molecule has 2 aromatic rings. The van der Waals surface area contributed by atoms with E-state index in [2.05, 4.69) is 42.2 Å². The molecule has 0 aliphatic heterocycles. The number of aromatic nitrogens is 1. The second-order valence-corrected chi connectivity index (χ2v) is 5.53. The van der Waals surface area contributed by atoms with Gasteiger partial charge >= 0.3 is 0 Å². The van der Waals surface area contributed by atoms with Crippen LogP contribution in [-0.2, 0) is 5.75 Å². The van der Waals surface area contributed by atoms with Crippen molar-refractivity contribution >= 4 is 11.8 Å². The van der Waals surface area contributed by atoms with E-state index in [0.29, 0.717) is 0 Å². The van der Waals surface area contributed by atoms with Crippen molar-refractivity contribution in [2.24, 2.45) is 5.73 Å². The number of aryl methyl sites for hydroxylation is 1. The van der Waals surface area contributed by atoms with E-state index in [-0.39, 0.29) is 6.04 Å². The molecule has 0 saturated heterocycles. The Kier molecular flexibility index (Phi) is 4.39. The third-order valence-corrected chi connectivity index (χ3v) is 3.77. The Balaban J connectivity index is 1.98. The Morgan fingerprint density at radius 2 is 2.11 bits per heavy atom. The van der Waals surface area contributed by atoms with Gasteiger partial charge in [-0.2, -0.15) is 0 Å². The van der Waals surface area contributed by atoms with Gasteiger partial charge in [0, 0.05) is 22.9 Å². The lowest BCUT2D eigenvalue weighted by molar-refractivity contribution is 0.777. The molecule has 2 rings (SSSR count). The summed E-state index contributed by atoms with van der Waals surface area (Å²) in [5, 5.41) is 0. The van der Waals surface area contributed by atoms with Crippen molar-refractivity contribution in [3.63, 3.8) is 0 Å². The van der Waals surface area contributed by atoms with E-state index in [9.17, 15) is 0 Å². The molecule has 3 heteroatoms. The third kappa shape index (κ3) is 3.59. The molecule has 0 aliphatic rings. The quantitative estimate of drug-likeness (QED) is 0.850. The zero-order valence-electron chi connectivity index (χ0n) is 10.8. The largest absolute Gasteiger partial charge is 0.323 e. The van der Waals surface area contributed by atoms with Crippen LogP contribution in [0.4, 0.5) is 0 Å². The molecule has 0 amide bonds. The highest BCUT2D eigenvalue weighted by atomic mass is 32.2. The number of nitrogens with two attached hydrogens (primary N) is 1. The molecule has 2 nitrogen and oxygen atoms in total. The predicted molar refractivity (Wildman–Crippen MR) is 77.6 cm³/mol. The molecular formula is C15H18N2S. The number of thioether (sulfide) groups is 1. The lowest BCUT2D eigenvalue weighted by Gasteiger charge is -2.06. The van der Waals surface area contributed by atoms with Gasteiger partial charge in [0.05, 0.1) is 5.69 Å². The molecule has 0 bridgehead atoms. The van der Waals surface area contributed by atoms with Crippen molar-refractivity contribution in [2.45, 2.75) is 30.5 Å². The van der Waals surface area contributed by atoms with E-state index in [0.717, 1.165) is 11.4 Å². The van der Waals surface area contributed by atoms with Crippen LogP contribution in [0.1, 0.15) is 29.8 Å². The molecule has 1 atom stereocenters. The summed E-state index contributed by atoms with van der Waals surface area (Å²) in [7, 11) is 0. The smallest absolute Gasteiger partial charge is 0.0569 e. The van der Waals surface area contributed by atoms with Gasteiger partial charge in [-0.15, -0.1) is 11.8 Å². The number of benzene rings is 1. The maximum atomic E-state index is 5.78. The number of pyridine rings is 1. The fraction of sp³-hybridized carbons (Fsp3) is 0.267. The first kappa shape index (κ1) is 13.1. The molecule has 0 fully saturated rings. The standard InChI is InChI=1S/C15H18N2S/c1-11-4-3-5-13(8-11)10-18-14-6-7-15(12(2)16)17-9-14/h3-9,12H,10,16H2,1-2H3/t12-/m0/s1. The van der Waals surface area contributed by atoms with Gasteiger partial charge < -0.3 is 5.73 Å². The summed E-state index contributed by atoms with van der Waals surface area (Å²) in [6, 6.07) is 12.7. The average Bonchev–Trinajstić information content (AvgIpc) is 2.37. The highest BCUT2D eigenvalue weighted by molar-refractivity contribution is 7.98. The topological polar surface area (TPSA) is 38.9 Å². The minimum atomic E-state index is 0.000762. The Morgan fingerprint density at radius 3 is 2.72 bits per heavy atom. The first-order valence-electron chi connectivity index (χ1n) is 6.05. The second kappa shape index (κ2) is 6.03. The van der Waals surface area contributed by atoms with Crippen LogP contribution in [0.3, 0.4) is 0 Å². The Hall–Kier alpha value is -1.32. The van der Waals surface area contributed by atoms with Gasteiger partial charge in [-0.1, -0.05) is 29.8 Å². The predicted octanol–water partition coefficient (Wildman–Crippen LogP) is 3.70. The van der Waals surface area contributed by atoms with E-state index in [1.54, 1.807) is 11.8 Å². The van der Waals surface area contributed by atoms with Gasteiger partial charge in [-0.05, 0) is 31.5 Å². The third-order valence-electron chi connectivity index (χ3n) is 2.71. The molecule has 18 heavy (non-hydrogen) atoms. The highest BCUT2D eigenvalue weighted by Gasteiger charge is 2.01. The van der Waals surface area contributed by atoms with Gasteiger partial charge in [-0.25, -0.2) is 0 Å². The molecule has 0 unspecified atom stereocenters. The summed E-state index contributed by atoms with van der Waals surface area (Å²) in [6.45, 7) is 4.06. The van der Waals surface area contributed by atoms with E-state index in [1.165, 1.54) is 16.0 Å². The van der Waals surface area contributed by atoms with Crippen molar-refractivity contribution in [3.05, 3.63) is 59.4 Å². The Labute approximate surface area is 113 Å². The van der Waals surface area contributed by atoms with E-state index in [4.69, 9.17) is 5.73 Å². The number of rotatable bonds is 4. The highest BCUT2D eigenvalue weighted by Crippen LogP contribution is 2.23. The van der Waals surface area contributed by atoms with Gasteiger partial charge in [0.1, 0.15) is 0 Å². The second-order valence-electron chi connectivity index (χ2n) is 4.49. The fourth-order valence-corrected chi connectivity index (χ4v) is 2.52. The maximum absolute atomic E-state index is 5.78. The van der Waals surface area contributed by atoms with E-state index < -0.39 is 0 Å². The van der Waals surface area contributed by atoms with Crippen LogP contribution in [-0.4, -0.2) is 4.98 Å². The van der Waals surface area contributed by atoms with E-state index in [1.807, 2.05) is 19.2 Å². The van der Waals surface area contributed by atoms with Gasteiger partial charge in [0.15, 0.2) is 0 Å². The summed E-state index contributed by atoms with van der Waals surface area (Å²) in [5.74, 6) is 0.973. The van der Waals surface area contributed by atoms with Crippen LogP contribution < -0.4 is 5.73 Å². The molecule has 1 heterocycles. The summed E-state index contributed by atoms with van der Waals surface area (Å²) < 4.78 is 0. The van der Waals surface area contributed by atoms with Gasteiger partial charge in [0.25, 0.3) is 0 Å². The molecule has 1 aromatic carbocycles. The number of hydrogen-bond donors (Lipinski definition) is 1. The zero-order chi connectivity index (χ0) is 13.0. The minimum Gasteiger partial charge on any atom is -0.323 e. The molecule has 0 saturated carbocycles. The zero-order valence-corrected chi connectivity index (χ0v) is 11.6. The lowest BCUT2D eigenvalue weighted by Crippen LogP contribution is -2.06. The van der Waals surface area contributed by atoms with Crippen molar-refractivity contribution in [2.75, 3.05) is 0 Å². The molecule has 0 aliphatic carbocycles. The minimum absolute atomic E-state index is 0.000762. The van der Waals surface area contributed by atoms with Crippen molar-refractivity contribution in [1.82, 2.24) is 4.98 Å². The monoisotopic (exact) mass is 258 g/mol. The van der Waals surface area contributed by atoms with Crippen LogP contribution in [0.2, 0.25) is 0 Å². The maximum Gasteiger partial charge on any atom is 0.0569 e. The first-order valence-corrected chi connectivity index (χ1v) is 7.03. The van der Waals surface area contributed by atoms with Crippen LogP contribution in [0.5, 0.6) is 0 Å². The van der Waals surface area contributed by atoms with Crippen LogP contribution in [0.15, 0.2) is 47.5 Å². The molecule has 1 aromatic heterocycles. The number of hydrogen-bond acceptors (Lipinski definition) is 3. The van der Waals surface area contributed by atoms with Crippen molar-refractivity contribution in [1.29, 1.82) is 0 Å². The van der Waals surface area contributed by atoms with E-state index >= 15 is 0 Å². The fourth-order valence-electron chi connectivity index (χ4n) is 1.72. The van der Waals surface area contributed by atoms with Gasteiger partial charge in [0.2, 0.25) is 0 Å². The summed E-state index contributed by atoms with van der Waals surface area (Å²) in [6.07, 6.45) is 1.90. The molecule has 94 valence electrons. The molecule has 0 spiro atoms. The Bertz CT molecular complexity index is 506. The van der Waals surface area contributed by atoms with Crippen molar-refractivity contribution in [3.8, 4) is 0 Å². The number of nitrogens with zero attached hydrogens (tertiary/aromatic N) is 1.